The van der Waals surface area contributed by atoms with Gasteiger partial charge >= 0.3 is 11.9 Å². The minimum absolute atomic E-state index is 0.0787. The lowest BCUT2D eigenvalue weighted by Crippen LogP contribution is -2.40. The Kier molecular flexibility index (Phi) is 3.85. The Bertz CT molecular complexity index is 491. The molecule has 3 aliphatic rings. The van der Waals surface area contributed by atoms with Gasteiger partial charge in [-0.05, 0) is 31.4 Å². The lowest BCUT2D eigenvalue weighted by atomic mass is 9.79. The summed E-state index contributed by atoms with van der Waals surface area (Å²) in [5, 5.41) is 0. The smallest absolute Gasteiger partial charge is 0.310 e. The van der Waals surface area contributed by atoms with Crippen LogP contribution in [-0.4, -0.2) is 37.4 Å². The average molecular weight is 306 g/mol. The van der Waals surface area contributed by atoms with E-state index in [0.29, 0.717) is 0 Å². The Morgan fingerprint density at radius 2 is 1.36 bits per heavy atom. The van der Waals surface area contributed by atoms with E-state index in [1.807, 2.05) is 0 Å². The topological polar surface area (TPSA) is 65.1 Å². The molecule has 3 fully saturated rings. The molecule has 1 saturated heterocycles. The van der Waals surface area contributed by atoms with E-state index in [0.717, 1.165) is 17.6 Å². The molecule has 3 rings (SSSR count). The van der Waals surface area contributed by atoms with Crippen molar-refractivity contribution < 1.29 is 23.8 Å². The number of carbonyl (C=O) groups excluding carboxylic acids is 2. The first-order valence-electron chi connectivity index (χ1n) is 7.67. The molecule has 1 aliphatic heterocycles. The van der Waals surface area contributed by atoms with Crippen LogP contribution in [0.15, 0.2) is 24.3 Å². The third-order valence-electron chi connectivity index (χ3n) is 4.73. The van der Waals surface area contributed by atoms with Gasteiger partial charge in [-0.15, -0.1) is 0 Å². The van der Waals surface area contributed by atoms with Gasteiger partial charge in [0.25, 0.3) is 0 Å². The summed E-state index contributed by atoms with van der Waals surface area (Å²) in [5.74, 6) is -1.41. The highest BCUT2D eigenvalue weighted by Crippen LogP contribution is 2.62. The van der Waals surface area contributed by atoms with E-state index in [2.05, 4.69) is 13.2 Å². The van der Waals surface area contributed by atoms with Crippen LogP contribution in [0.4, 0.5) is 0 Å². The Morgan fingerprint density at radius 3 is 1.73 bits per heavy atom. The fraction of sp³-hybridized carbons (Fsp3) is 0.647. The van der Waals surface area contributed by atoms with Crippen molar-refractivity contribution in [2.75, 3.05) is 13.2 Å². The maximum absolute atomic E-state index is 12.4. The van der Waals surface area contributed by atoms with Crippen molar-refractivity contribution in [2.24, 2.45) is 23.7 Å². The predicted molar refractivity (Wildman–Crippen MR) is 78.8 cm³/mol. The maximum Gasteiger partial charge on any atom is 0.310 e. The molecule has 0 unspecified atom stereocenters. The van der Waals surface area contributed by atoms with Gasteiger partial charge in [0.05, 0.1) is 24.0 Å². The Hall–Kier alpha value is -1.62. The van der Waals surface area contributed by atoms with Gasteiger partial charge in [-0.3, -0.25) is 9.59 Å². The van der Waals surface area contributed by atoms with Gasteiger partial charge in [-0.2, -0.15) is 0 Å². The van der Waals surface area contributed by atoms with Crippen LogP contribution < -0.4 is 0 Å². The largest absolute Gasteiger partial charge is 0.461 e. The predicted octanol–water partition coefficient (Wildman–Crippen LogP) is 1.87. The van der Waals surface area contributed by atoms with E-state index < -0.39 is 11.8 Å². The summed E-state index contributed by atoms with van der Waals surface area (Å²) in [5.41, 5.74) is 1.55. The molecule has 0 N–H and O–H groups in total. The van der Waals surface area contributed by atoms with Crippen molar-refractivity contribution in [3.63, 3.8) is 0 Å². The Balaban J connectivity index is 1.71. The first-order chi connectivity index (χ1) is 10.4. The second-order valence-electron chi connectivity index (χ2n) is 6.81. The summed E-state index contributed by atoms with van der Waals surface area (Å²) in [7, 11) is 0. The number of hydrogen-bond acceptors (Lipinski definition) is 5. The summed E-state index contributed by atoms with van der Waals surface area (Å²) < 4.78 is 16.2. The molecule has 0 aromatic rings. The lowest BCUT2D eigenvalue weighted by Gasteiger charge is -2.25. The van der Waals surface area contributed by atoms with Crippen LogP contribution in [0.5, 0.6) is 0 Å². The molecular formula is C17H22O5. The molecule has 6 atom stereocenters. The number of esters is 2. The number of hydrogen-bond donors (Lipinski definition) is 0. The summed E-state index contributed by atoms with van der Waals surface area (Å²) in [4.78, 5) is 24.8. The summed E-state index contributed by atoms with van der Waals surface area (Å²) in [6.45, 7) is 11.4. The quantitative estimate of drug-likeness (QED) is 0.426. The molecule has 5 nitrogen and oxygen atoms in total. The van der Waals surface area contributed by atoms with Crippen molar-refractivity contribution in [3.8, 4) is 0 Å². The van der Waals surface area contributed by atoms with Crippen LogP contribution in [0.3, 0.4) is 0 Å². The Morgan fingerprint density at radius 1 is 0.955 bits per heavy atom. The number of fused-ring (bicyclic) bond motifs is 5. The van der Waals surface area contributed by atoms with Crippen LogP contribution in [0.25, 0.3) is 0 Å². The minimum atomic E-state index is -0.453. The second-order valence-corrected chi connectivity index (χ2v) is 6.81. The van der Waals surface area contributed by atoms with Gasteiger partial charge < -0.3 is 14.2 Å². The van der Waals surface area contributed by atoms with E-state index >= 15 is 0 Å². The molecule has 22 heavy (non-hydrogen) atoms. The monoisotopic (exact) mass is 306 g/mol. The van der Waals surface area contributed by atoms with Crippen LogP contribution >= 0.6 is 0 Å². The molecule has 0 spiro atoms. The molecule has 0 radical (unpaired) electrons. The minimum Gasteiger partial charge on any atom is -0.461 e. The fourth-order valence-electron chi connectivity index (χ4n) is 3.87. The van der Waals surface area contributed by atoms with Crippen molar-refractivity contribution in [2.45, 2.75) is 32.5 Å². The third kappa shape index (κ3) is 2.58. The van der Waals surface area contributed by atoms with E-state index in [1.165, 1.54) is 0 Å². The zero-order valence-electron chi connectivity index (χ0n) is 13.0. The van der Waals surface area contributed by atoms with Crippen LogP contribution in [0.1, 0.15) is 20.3 Å². The van der Waals surface area contributed by atoms with Gasteiger partial charge in [-0.1, -0.05) is 13.2 Å². The summed E-state index contributed by atoms with van der Waals surface area (Å²) >= 11 is 0. The third-order valence-corrected chi connectivity index (χ3v) is 4.73. The normalized spacial score (nSPS) is 37.4. The van der Waals surface area contributed by atoms with Crippen molar-refractivity contribution >= 4 is 11.9 Å². The van der Waals surface area contributed by atoms with Crippen LogP contribution in [0.2, 0.25) is 0 Å². The van der Waals surface area contributed by atoms with E-state index in [-0.39, 0.29) is 49.2 Å². The van der Waals surface area contributed by atoms with E-state index in [4.69, 9.17) is 14.2 Å². The van der Waals surface area contributed by atoms with E-state index in [9.17, 15) is 9.59 Å². The molecule has 2 aliphatic carbocycles. The van der Waals surface area contributed by atoms with E-state index in [1.54, 1.807) is 13.8 Å². The zero-order valence-corrected chi connectivity index (χ0v) is 13.0. The standard InChI is InChI=1S/C17H22O5/c1-8(2)6-20-16(18)12-10-5-11(15-14(10)22-15)13(12)17(19)21-7-9(3)4/h10-15H,1,3,5-7H2,2,4H3/t10-,11+,12-,13-,14+,15+/m0/s1. The average Bonchev–Trinajstić information content (AvgIpc) is 3.07. The number of ether oxygens (including phenoxy) is 3. The summed E-state index contributed by atoms with van der Waals surface area (Å²) in [6, 6.07) is 0. The fourth-order valence-corrected chi connectivity index (χ4v) is 3.87. The first-order valence-corrected chi connectivity index (χ1v) is 7.67. The number of carbonyl (C=O) groups is 2. The van der Waals surface area contributed by atoms with Crippen molar-refractivity contribution in [1.29, 1.82) is 0 Å². The van der Waals surface area contributed by atoms with Crippen molar-refractivity contribution in [3.05, 3.63) is 24.3 Å². The molecular weight excluding hydrogens is 284 g/mol. The van der Waals surface area contributed by atoms with Gasteiger partial charge in [-0.25, -0.2) is 0 Å². The highest BCUT2D eigenvalue weighted by Gasteiger charge is 2.71. The SMILES string of the molecule is C=C(C)COC(=O)[C@H]1[C@@H]2C[C@@H]([C@H]3O[C@H]23)[C@@H]1C(=O)OCC(=C)C. The van der Waals surface area contributed by atoms with Gasteiger partial charge in [0.15, 0.2) is 0 Å². The summed E-state index contributed by atoms with van der Waals surface area (Å²) in [6.07, 6.45) is 1.09. The highest BCUT2D eigenvalue weighted by atomic mass is 16.6. The Labute approximate surface area is 130 Å². The zero-order chi connectivity index (χ0) is 16.0. The molecule has 0 aromatic heterocycles. The first kappa shape index (κ1) is 15.3. The second kappa shape index (κ2) is 5.54. The van der Waals surface area contributed by atoms with Gasteiger partial charge in [0.2, 0.25) is 0 Å². The molecule has 0 amide bonds. The molecule has 120 valence electrons. The lowest BCUT2D eigenvalue weighted by molar-refractivity contribution is -0.161. The highest BCUT2D eigenvalue weighted by molar-refractivity contribution is 5.84. The molecule has 2 saturated carbocycles. The number of rotatable bonds is 6. The molecule has 5 heteroatoms. The van der Waals surface area contributed by atoms with Gasteiger partial charge in [0.1, 0.15) is 13.2 Å². The maximum atomic E-state index is 12.4. The van der Waals surface area contributed by atoms with Crippen LogP contribution in [0, 0.1) is 23.7 Å². The van der Waals surface area contributed by atoms with Gasteiger partial charge in [0, 0.05) is 11.8 Å². The molecule has 2 bridgehead atoms. The number of epoxide rings is 1. The molecule has 0 aromatic carbocycles. The van der Waals surface area contributed by atoms with Crippen LogP contribution in [-0.2, 0) is 23.8 Å². The van der Waals surface area contributed by atoms with Crippen molar-refractivity contribution in [1.82, 2.24) is 0 Å². The molecule has 1 heterocycles.